The largest absolute Gasteiger partial charge is 0.299 e. The summed E-state index contributed by atoms with van der Waals surface area (Å²) in [6.07, 6.45) is 3.03. The van der Waals surface area contributed by atoms with Crippen molar-refractivity contribution in [3.8, 4) is 0 Å². The summed E-state index contributed by atoms with van der Waals surface area (Å²) in [4.78, 5) is 22.6. The second kappa shape index (κ2) is 6.55. The highest BCUT2D eigenvalue weighted by Crippen LogP contribution is 2.36. The number of nitro groups is 1. The number of hydrogen-bond donors (Lipinski definition) is 0. The lowest BCUT2D eigenvalue weighted by Crippen LogP contribution is -2.30. The topological polar surface area (TPSA) is 60.2 Å². The van der Waals surface area contributed by atoms with Gasteiger partial charge in [0.15, 0.2) is 0 Å². The summed E-state index contributed by atoms with van der Waals surface area (Å²) in [5, 5.41) is 11.7. The van der Waals surface area contributed by atoms with E-state index >= 15 is 0 Å². The Morgan fingerprint density at radius 3 is 2.65 bits per heavy atom. The van der Waals surface area contributed by atoms with Crippen molar-refractivity contribution in [1.82, 2.24) is 0 Å². The molecule has 0 amide bonds. The number of carbonyl (C=O) groups is 1. The molecule has 0 aliphatic heterocycles. The van der Waals surface area contributed by atoms with E-state index in [0.29, 0.717) is 22.9 Å². The first-order chi connectivity index (χ1) is 9.49. The summed E-state index contributed by atoms with van der Waals surface area (Å²) in [7, 11) is 0. The summed E-state index contributed by atoms with van der Waals surface area (Å²) in [6, 6.07) is 4.99. The van der Waals surface area contributed by atoms with E-state index in [2.05, 4.69) is 0 Å². The monoisotopic (exact) mass is 315 g/mol. The van der Waals surface area contributed by atoms with Crippen molar-refractivity contribution in [3.63, 3.8) is 0 Å². The SMILES string of the molecule is O=C1CCCCC1C(C[N+](=O)[O-])c1ccc(Cl)c(Cl)c1. The number of carbonyl (C=O) groups excluding carboxylic acids is 1. The summed E-state index contributed by atoms with van der Waals surface area (Å²) in [6.45, 7) is -0.256. The Labute approximate surface area is 127 Å². The average molecular weight is 316 g/mol. The van der Waals surface area contributed by atoms with Crippen molar-refractivity contribution in [2.75, 3.05) is 6.54 Å². The fraction of sp³-hybridized carbons (Fsp3) is 0.500. The van der Waals surface area contributed by atoms with Gasteiger partial charge in [-0.25, -0.2) is 0 Å². The van der Waals surface area contributed by atoms with E-state index in [1.807, 2.05) is 0 Å². The zero-order chi connectivity index (χ0) is 14.7. The molecule has 1 aromatic carbocycles. The van der Waals surface area contributed by atoms with Gasteiger partial charge in [-0.3, -0.25) is 14.9 Å². The standard InChI is InChI=1S/C14H15Cl2NO3/c15-12-6-5-9(7-13(12)16)11(8-17(19)20)10-3-1-2-4-14(10)18/h5-7,10-11H,1-4,8H2. The van der Waals surface area contributed by atoms with Gasteiger partial charge in [0, 0.05) is 17.3 Å². The van der Waals surface area contributed by atoms with Crippen LogP contribution in [-0.4, -0.2) is 17.3 Å². The molecule has 0 aromatic heterocycles. The molecule has 0 N–H and O–H groups in total. The van der Waals surface area contributed by atoms with Crippen LogP contribution in [0, 0.1) is 16.0 Å². The van der Waals surface area contributed by atoms with Crippen LogP contribution in [0.2, 0.25) is 10.0 Å². The lowest BCUT2D eigenvalue weighted by atomic mass is 9.76. The van der Waals surface area contributed by atoms with E-state index in [4.69, 9.17) is 23.2 Å². The second-order valence-corrected chi connectivity index (χ2v) is 5.93. The minimum Gasteiger partial charge on any atom is -0.299 e. The van der Waals surface area contributed by atoms with Crippen molar-refractivity contribution < 1.29 is 9.72 Å². The Morgan fingerprint density at radius 1 is 1.30 bits per heavy atom. The fourth-order valence-electron chi connectivity index (χ4n) is 2.80. The maximum absolute atomic E-state index is 12.1. The fourth-order valence-corrected chi connectivity index (χ4v) is 3.11. The molecule has 0 heterocycles. The molecule has 2 atom stereocenters. The van der Waals surface area contributed by atoms with Crippen LogP contribution >= 0.6 is 23.2 Å². The van der Waals surface area contributed by atoms with E-state index in [1.54, 1.807) is 18.2 Å². The van der Waals surface area contributed by atoms with Gasteiger partial charge in [0.05, 0.1) is 16.0 Å². The Morgan fingerprint density at radius 2 is 2.05 bits per heavy atom. The molecule has 1 aliphatic rings. The number of ketones is 1. The van der Waals surface area contributed by atoms with Crippen LogP contribution in [0.15, 0.2) is 18.2 Å². The molecule has 2 rings (SSSR count). The Kier molecular flexibility index (Phi) is 5.00. The van der Waals surface area contributed by atoms with E-state index in [1.165, 1.54) is 0 Å². The van der Waals surface area contributed by atoms with Crippen LogP contribution in [0.4, 0.5) is 0 Å². The number of Topliss-reactive ketones (excluding diaryl/α,β-unsaturated/α-hetero) is 1. The highest BCUT2D eigenvalue weighted by atomic mass is 35.5. The summed E-state index contributed by atoms with van der Waals surface area (Å²) in [5.41, 5.74) is 0.719. The van der Waals surface area contributed by atoms with Crippen molar-refractivity contribution in [3.05, 3.63) is 43.9 Å². The maximum Gasteiger partial charge on any atom is 0.211 e. The molecular formula is C14H15Cl2NO3. The third-order valence-corrected chi connectivity index (χ3v) is 4.54. The van der Waals surface area contributed by atoms with Gasteiger partial charge in [-0.1, -0.05) is 35.7 Å². The molecule has 0 radical (unpaired) electrons. The molecule has 20 heavy (non-hydrogen) atoms. The molecule has 1 saturated carbocycles. The predicted molar refractivity (Wildman–Crippen MR) is 78.0 cm³/mol. The van der Waals surface area contributed by atoms with Crippen LogP contribution in [0.5, 0.6) is 0 Å². The summed E-state index contributed by atoms with van der Waals surface area (Å²) in [5.74, 6) is -0.590. The zero-order valence-corrected chi connectivity index (χ0v) is 12.4. The molecule has 1 aromatic rings. The Balaban J connectivity index is 2.32. The number of hydrogen-bond acceptors (Lipinski definition) is 3. The van der Waals surface area contributed by atoms with Gasteiger partial charge in [-0.05, 0) is 30.5 Å². The highest BCUT2D eigenvalue weighted by molar-refractivity contribution is 6.42. The number of rotatable bonds is 4. The Bertz CT molecular complexity index is 533. The van der Waals surface area contributed by atoms with Gasteiger partial charge in [-0.15, -0.1) is 0 Å². The molecular weight excluding hydrogens is 301 g/mol. The normalized spacial score (nSPS) is 20.7. The minimum atomic E-state index is -0.424. The quantitative estimate of drug-likeness (QED) is 0.620. The average Bonchev–Trinajstić information content (AvgIpc) is 2.40. The first kappa shape index (κ1) is 15.3. The van der Waals surface area contributed by atoms with Crippen molar-refractivity contribution in [2.24, 2.45) is 5.92 Å². The van der Waals surface area contributed by atoms with Crippen LogP contribution in [0.1, 0.15) is 37.2 Å². The highest BCUT2D eigenvalue weighted by Gasteiger charge is 2.34. The Hall–Kier alpha value is -1.13. The molecule has 4 nitrogen and oxygen atoms in total. The number of halogens is 2. The predicted octanol–water partition coefficient (Wildman–Crippen LogP) is 4.11. The van der Waals surface area contributed by atoms with Crippen LogP contribution < -0.4 is 0 Å². The van der Waals surface area contributed by atoms with Crippen molar-refractivity contribution in [1.29, 1.82) is 0 Å². The maximum atomic E-state index is 12.1. The number of benzene rings is 1. The van der Waals surface area contributed by atoms with E-state index in [9.17, 15) is 14.9 Å². The van der Waals surface area contributed by atoms with E-state index in [-0.39, 0.29) is 23.2 Å². The number of nitrogens with zero attached hydrogens (tertiary/aromatic N) is 1. The third-order valence-electron chi connectivity index (χ3n) is 3.81. The molecule has 1 fully saturated rings. The van der Waals surface area contributed by atoms with Gasteiger partial charge < -0.3 is 0 Å². The van der Waals surface area contributed by atoms with Crippen molar-refractivity contribution in [2.45, 2.75) is 31.6 Å². The minimum absolute atomic E-state index is 0.120. The first-order valence-corrected chi connectivity index (χ1v) is 7.34. The van der Waals surface area contributed by atoms with Crippen LogP contribution in [-0.2, 0) is 4.79 Å². The molecule has 2 unspecified atom stereocenters. The van der Waals surface area contributed by atoms with Gasteiger partial charge in [-0.2, -0.15) is 0 Å². The van der Waals surface area contributed by atoms with Gasteiger partial charge in [0.2, 0.25) is 6.54 Å². The van der Waals surface area contributed by atoms with Crippen LogP contribution in [0.3, 0.4) is 0 Å². The van der Waals surface area contributed by atoms with E-state index < -0.39 is 5.92 Å². The smallest absolute Gasteiger partial charge is 0.211 e. The molecule has 108 valence electrons. The zero-order valence-electron chi connectivity index (χ0n) is 10.9. The molecule has 0 spiro atoms. The summed E-state index contributed by atoms with van der Waals surface area (Å²) < 4.78 is 0. The molecule has 0 saturated heterocycles. The van der Waals surface area contributed by atoms with Gasteiger partial charge in [0.25, 0.3) is 0 Å². The second-order valence-electron chi connectivity index (χ2n) is 5.11. The van der Waals surface area contributed by atoms with Crippen LogP contribution in [0.25, 0.3) is 0 Å². The third kappa shape index (κ3) is 3.49. The van der Waals surface area contributed by atoms with Gasteiger partial charge in [0.1, 0.15) is 5.78 Å². The van der Waals surface area contributed by atoms with Gasteiger partial charge >= 0.3 is 0 Å². The molecule has 6 heteroatoms. The summed E-state index contributed by atoms with van der Waals surface area (Å²) >= 11 is 11.9. The lowest BCUT2D eigenvalue weighted by molar-refractivity contribution is -0.484. The first-order valence-electron chi connectivity index (χ1n) is 6.58. The lowest BCUT2D eigenvalue weighted by Gasteiger charge is -2.27. The van der Waals surface area contributed by atoms with E-state index in [0.717, 1.165) is 18.4 Å². The molecule has 1 aliphatic carbocycles. The molecule has 0 bridgehead atoms. The van der Waals surface area contributed by atoms with Crippen molar-refractivity contribution >= 4 is 29.0 Å².